The molecule has 7 rings (SSSR count). The van der Waals surface area contributed by atoms with Crippen molar-refractivity contribution in [1.29, 1.82) is 0 Å². The van der Waals surface area contributed by atoms with E-state index in [0.29, 0.717) is 22.3 Å². The minimum Gasteiger partial charge on any atom is -0.497 e. The lowest BCUT2D eigenvalue weighted by atomic mass is 9.67. The van der Waals surface area contributed by atoms with E-state index in [0.717, 1.165) is 56.4 Å². The monoisotopic (exact) mass is 608 g/mol. The number of rotatable bonds is 8. The summed E-state index contributed by atoms with van der Waals surface area (Å²) in [6.45, 7) is 0. The summed E-state index contributed by atoms with van der Waals surface area (Å²) in [7, 11) is 6.58. The quantitative estimate of drug-likeness (QED) is 0.174. The zero-order valence-corrected chi connectivity index (χ0v) is 26.0. The number of hydrogen-bond donors (Lipinski definition) is 0. The summed E-state index contributed by atoms with van der Waals surface area (Å²) in [5.41, 5.74) is 5.16. The predicted molar refractivity (Wildman–Crippen MR) is 180 cm³/mol. The fourth-order valence-corrected chi connectivity index (χ4v) is 6.62. The van der Waals surface area contributed by atoms with Gasteiger partial charge in [0.2, 0.25) is 5.43 Å². The first-order valence-electron chi connectivity index (χ1n) is 14.9. The molecular formula is C40H32O6. The second-order valence-corrected chi connectivity index (χ2v) is 11.0. The Morgan fingerprint density at radius 1 is 0.522 bits per heavy atom. The first-order chi connectivity index (χ1) is 22.5. The molecule has 46 heavy (non-hydrogen) atoms. The Morgan fingerprint density at radius 3 is 1.43 bits per heavy atom. The van der Waals surface area contributed by atoms with Crippen LogP contribution in [0.2, 0.25) is 0 Å². The van der Waals surface area contributed by atoms with Gasteiger partial charge < -0.3 is 23.4 Å². The molecule has 0 radical (unpaired) electrons. The van der Waals surface area contributed by atoms with Gasteiger partial charge in [0.15, 0.2) is 0 Å². The largest absolute Gasteiger partial charge is 0.497 e. The maximum Gasteiger partial charge on any atom is 0.200 e. The zero-order chi connectivity index (χ0) is 31.8. The molecule has 1 aliphatic rings. The lowest BCUT2D eigenvalue weighted by Crippen LogP contribution is -2.30. The Kier molecular flexibility index (Phi) is 7.33. The fourth-order valence-electron chi connectivity index (χ4n) is 6.62. The van der Waals surface area contributed by atoms with Crippen molar-refractivity contribution in [3.8, 4) is 23.0 Å². The number of ether oxygens (including phenoxy) is 4. The molecule has 0 fully saturated rings. The molecule has 5 aromatic carbocycles. The van der Waals surface area contributed by atoms with E-state index >= 15 is 0 Å². The molecule has 0 spiro atoms. The first kappa shape index (κ1) is 29.0. The number of para-hydroxylation sites is 1. The van der Waals surface area contributed by atoms with Crippen LogP contribution in [0.4, 0.5) is 0 Å². The second-order valence-electron chi connectivity index (χ2n) is 11.0. The molecule has 1 heterocycles. The van der Waals surface area contributed by atoms with Crippen LogP contribution in [0.25, 0.3) is 22.1 Å². The summed E-state index contributed by atoms with van der Waals surface area (Å²) in [6, 6.07) is 39.1. The molecule has 0 saturated carbocycles. The normalized spacial score (nSPS) is 13.4. The molecule has 0 bridgehead atoms. The molecule has 0 aliphatic heterocycles. The molecular weight excluding hydrogens is 576 g/mol. The van der Waals surface area contributed by atoms with Crippen LogP contribution < -0.4 is 24.4 Å². The summed E-state index contributed by atoms with van der Waals surface area (Å²) in [6.07, 6.45) is 0. The molecule has 228 valence electrons. The van der Waals surface area contributed by atoms with Crippen LogP contribution >= 0.6 is 0 Å². The minimum absolute atomic E-state index is 0.0995. The summed E-state index contributed by atoms with van der Waals surface area (Å²) in [5.74, 6) is 3.43. The van der Waals surface area contributed by atoms with Gasteiger partial charge in [-0.05, 0) is 88.5 Å². The van der Waals surface area contributed by atoms with Gasteiger partial charge in [-0.15, -0.1) is 0 Å². The van der Waals surface area contributed by atoms with Crippen molar-refractivity contribution in [1.82, 2.24) is 0 Å². The lowest BCUT2D eigenvalue weighted by molar-refractivity contribution is 0.413. The average Bonchev–Trinajstić information content (AvgIpc) is 3.43. The van der Waals surface area contributed by atoms with Gasteiger partial charge in [0.1, 0.15) is 39.8 Å². The first-order valence-corrected chi connectivity index (χ1v) is 14.9. The maximum absolute atomic E-state index is 14.8. The van der Waals surface area contributed by atoms with Gasteiger partial charge in [-0.1, -0.05) is 60.7 Å². The fraction of sp³-hybridized carbons (Fsp3) is 0.125. The summed E-state index contributed by atoms with van der Waals surface area (Å²) in [5, 5.41) is 0.515. The highest BCUT2D eigenvalue weighted by Crippen LogP contribution is 2.59. The Balaban J connectivity index is 1.72. The van der Waals surface area contributed by atoms with E-state index in [2.05, 4.69) is 0 Å². The van der Waals surface area contributed by atoms with Crippen molar-refractivity contribution in [3.63, 3.8) is 0 Å². The molecule has 0 atom stereocenters. The molecule has 6 nitrogen and oxygen atoms in total. The van der Waals surface area contributed by atoms with Gasteiger partial charge in [-0.3, -0.25) is 4.79 Å². The highest BCUT2D eigenvalue weighted by Gasteiger charge is 2.52. The zero-order valence-electron chi connectivity index (χ0n) is 26.0. The van der Waals surface area contributed by atoms with Crippen LogP contribution in [0.5, 0.6) is 23.0 Å². The van der Waals surface area contributed by atoms with E-state index in [1.807, 2.05) is 121 Å². The summed E-state index contributed by atoms with van der Waals surface area (Å²) >= 11 is 0. The van der Waals surface area contributed by atoms with Crippen molar-refractivity contribution >= 4 is 22.1 Å². The molecule has 6 aromatic rings. The smallest absolute Gasteiger partial charge is 0.200 e. The summed E-state index contributed by atoms with van der Waals surface area (Å²) < 4.78 is 29.2. The number of allylic oxidation sites excluding steroid dienone is 1. The Labute approximate surface area is 267 Å². The van der Waals surface area contributed by atoms with Gasteiger partial charge in [-0.2, -0.15) is 0 Å². The maximum atomic E-state index is 14.8. The van der Waals surface area contributed by atoms with Crippen molar-refractivity contribution in [2.75, 3.05) is 28.4 Å². The predicted octanol–water partition coefficient (Wildman–Crippen LogP) is 8.13. The van der Waals surface area contributed by atoms with Crippen LogP contribution in [0.3, 0.4) is 0 Å². The average molecular weight is 609 g/mol. The van der Waals surface area contributed by atoms with E-state index < -0.39 is 5.41 Å². The van der Waals surface area contributed by atoms with Gasteiger partial charge in [0.05, 0.1) is 39.4 Å². The third kappa shape index (κ3) is 4.45. The molecule has 1 aromatic heterocycles. The molecule has 0 N–H and O–H groups in total. The van der Waals surface area contributed by atoms with E-state index in [-0.39, 0.29) is 5.43 Å². The molecule has 0 amide bonds. The van der Waals surface area contributed by atoms with Crippen molar-refractivity contribution in [3.05, 3.63) is 165 Å². The van der Waals surface area contributed by atoms with Crippen LogP contribution in [0, 0.1) is 0 Å². The standard InChI is InChI=1S/C40H32O6/c1-42-29-17-9-25(10-18-29)35-36-38(41)33-7-5-6-8-34(33)46-39(36)40(27-13-21-31(44-3)22-14-27,28-15-23-32(45-4)24-16-28)37(35)26-11-19-30(43-2)20-12-26/h5-24H,1-4H3. The lowest BCUT2D eigenvalue weighted by Gasteiger charge is -2.34. The Hall–Kier alpha value is -5.75. The highest BCUT2D eigenvalue weighted by atomic mass is 16.5. The van der Waals surface area contributed by atoms with Crippen LogP contribution in [0.1, 0.15) is 33.6 Å². The van der Waals surface area contributed by atoms with Gasteiger partial charge in [0.25, 0.3) is 0 Å². The molecule has 6 heteroatoms. The van der Waals surface area contributed by atoms with Crippen molar-refractivity contribution < 1.29 is 23.4 Å². The van der Waals surface area contributed by atoms with Gasteiger partial charge >= 0.3 is 0 Å². The number of methoxy groups -OCH3 is 4. The Morgan fingerprint density at radius 2 is 0.957 bits per heavy atom. The molecule has 0 saturated heterocycles. The Bertz CT molecular complexity index is 2070. The number of fused-ring (bicyclic) bond motifs is 2. The second kappa shape index (κ2) is 11.6. The number of benzene rings is 5. The van der Waals surface area contributed by atoms with Crippen LogP contribution in [-0.2, 0) is 5.41 Å². The summed E-state index contributed by atoms with van der Waals surface area (Å²) in [4.78, 5) is 14.8. The molecule has 0 unspecified atom stereocenters. The van der Waals surface area contributed by atoms with E-state index in [9.17, 15) is 4.79 Å². The van der Waals surface area contributed by atoms with Gasteiger partial charge in [0, 0.05) is 5.57 Å². The van der Waals surface area contributed by atoms with E-state index in [1.165, 1.54) is 0 Å². The topological polar surface area (TPSA) is 67.1 Å². The van der Waals surface area contributed by atoms with E-state index in [4.69, 9.17) is 23.4 Å². The van der Waals surface area contributed by atoms with Crippen molar-refractivity contribution in [2.45, 2.75) is 5.41 Å². The van der Waals surface area contributed by atoms with Crippen LogP contribution in [0.15, 0.2) is 131 Å². The number of hydrogen-bond acceptors (Lipinski definition) is 6. The van der Waals surface area contributed by atoms with Gasteiger partial charge in [-0.25, -0.2) is 0 Å². The van der Waals surface area contributed by atoms with E-state index in [1.54, 1.807) is 28.4 Å². The third-order valence-electron chi connectivity index (χ3n) is 8.82. The molecule has 1 aliphatic carbocycles. The minimum atomic E-state index is -1.05. The highest BCUT2D eigenvalue weighted by molar-refractivity contribution is 6.11. The third-order valence-corrected chi connectivity index (χ3v) is 8.82. The SMILES string of the molecule is COc1ccc(C2=C(c3ccc(OC)cc3)C(c3ccc(OC)cc3)(c3ccc(OC)cc3)c3oc4ccccc4c(=O)c32)cc1. The van der Waals surface area contributed by atoms with Crippen molar-refractivity contribution in [2.24, 2.45) is 0 Å². The van der Waals surface area contributed by atoms with Crippen LogP contribution in [-0.4, -0.2) is 28.4 Å².